The van der Waals surface area contributed by atoms with E-state index < -0.39 is 42.4 Å². The van der Waals surface area contributed by atoms with Crippen molar-refractivity contribution in [2.75, 3.05) is 119 Å². The van der Waals surface area contributed by atoms with Crippen LogP contribution < -0.4 is 56.1 Å². The number of ether oxygens (including phenoxy) is 7. The number of aromatic nitrogens is 1. The number of aliphatic hydroxyl groups excluding tert-OH is 2. The molecule has 5 rings (SSSR count). The number of rotatable bonds is 45. The summed E-state index contributed by atoms with van der Waals surface area (Å²) in [7, 11) is 8.77. The Kier molecular flexibility index (Phi) is 93.9. The number of carbonyl (C=O) groups excluding carboxylic acids is 9. The first-order chi connectivity index (χ1) is 58.8. The molecule has 0 aliphatic heterocycles. The fourth-order valence-electron chi connectivity index (χ4n) is 9.81. The number of amides is 5. The minimum Gasteiger partial charge on any atom is -1.00 e. The molecular weight excluding hydrogens is 1650 g/mol. The number of aliphatic carboxylic acids is 1. The van der Waals surface area contributed by atoms with Crippen molar-refractivity contribution in [3.63, 3.8) is 0 Å². The Morgan fingerprint density at radius 3 is 1.10 bits per heavy atom. The normalized spacial score (nSPS) is 10.7. The maximum atomic E-state index is 11.8. The molecule has 0 fully saturated rings. The molecule has 0 aliphatic rings. The molecule has 126 heavy (non-hydrogen) atoms. The molecule has 1 aromatic heterocycles. The number of hydrogen-bond donors (Lipinski definition) is 9. The van der Waals surface area contributed by atoms with Crippen molar-refractivity contribution in [2.45, 2.75) is 211 Å². The van der Waals surface area contributed by atoms with Crippen molar-refractivity contribution in [1.82, 2.24) is 41.5 Å². The van der Waals surface area contributed by atoms with Crippen LogP contribution in [0.15, 0.2) is 146 Å². The molecule has 0 bridgehead atoms. The van der Waals surface area contributed by atoms with E-state index in [1.54, 1.807) is 61.1 Å². The third-order valence-corrected chi connectivity index (χ3v) is 17.0. The Morgan fingerprint density at radius 1 is 0.500 bits per heavy atom. The van der Waals surface area contributed by atoms with Crippen LogP contribution in [0.3, 0.4) is 0 Å². The molecule has 1 heterocycles. The van der Waals surface area contributed by atoms with Crippen molar-refractivity contribution in [3.8, 4) is 0 Å². The molecule has 10 N–H and O–H groups in total. The minimum absolute atomic E-state index is 0. The molecule has 5 aromatic rings. The number of halogens is 1. The van der Waals surface area contributed by atoms with E-state index in [1.165, 1.54) is 37.5 Å². The molecule has 0 radical (unpaired) electrons. The first-order valence-electron chi connectivity index (χ1n) is 42.5. The summed E-state index contributed by atoms with van der Waals surface area (Å²) in [5.41, 5.74) is 9.43. The largest absolute Gasteiger partial charge is 1.00 e. The number of carboxylic acid groups (broad SMARTS) is 1. The van der Waals surface area contributed by atoms with E-state index in [0.29, 0.717) is 64.8 Å². The second kappa shape index (κ2) is 90.9. The van der Waals surface area contributed by atoms with E-state index >= 15 is 0 Å². The molecule has 34 heteroatoms. The van der Waals surface area contributed by atoms with Crippen molar-refractivity contribution < 1.29 is 122 Å². The van der Waals surface area contributed by atoms with E-state index in [9.17, 15) is 47.9 Å². The quantitative estimate of drug-likeness (QED) is 0.00332. The van der Waals surface area contributed by atoms with Crippen LogP contribution in [0.2, 0.25) is 0 Å². The molecule has 712 valence electrons. The molecule has 5 amide bonds. The number of nitrogens with two attached hydrogens (primary N) is 1. The summed E-state index contributed by atoms with van der Waals surface area (Å²) in [6.45, 7) is 30.3. The number of aldehydes is 1. The fraction of sp³-hybridized carbons (Fsp3) is 0.576. The van der Waals surface area contributed by atoms with E-state index in [0.717, 1.165) is 112 Å². The number of anilines is 1. The predicted octanol–water partition coefficient (Wildman–Crippen LogP) is 10.7. The Hall–Kier alpha value is -8.89. The van der Waals surface area contributed by atoms with Crippen molar-refractivity contribution >= 4 is 95.9 Å². The van der Waals surface area contributed by atoms with Crippen LogP contribution in [-0.2, 0) is 93.2 Å². The Bertz CT molecular complexity index is 3410. The third kappa shape index (κ3) is 87.2. The van der Waals surface area contributed by atoms with Gasteiger partial charge in [-0.2, -0.15) is 0 Å². The van der Waals surface area contributed by atoms with Gasteiger partial charge in [0.05, 0.1) is 39.5 Å². The molecule has 0 saturated heterocycles. The van der Waals surface area contributed by atoms with Crippen molar-refractivity contribution in [1.29, 1.82) is 0 Å². The summed E-state index contributed by atoms with van der Waals surface area (Å²) in [4.78, 5) is 124. The second-order valence-corrected chi connectivity index (χ2v) is 29.0. The van der Waals surface area contributed by atoms with Gasteiger partial charge in [-0.15, -0.1) is 12.4 Å². The fourth-order valence-corrected chi connectivity index (χ4v) is 9.81. The molecule has 0 spiro atoms. The number of hydrogen-bond acceptors (Lipinski definition) is 25. The van der Waals surface area contributed by atoms with Crippen LogP contribution in [-0.4, -0.2) is 228 Å². The zero-order valence-electron chi connectivity index (χ0n) is 79.1. The molecule has 4 atom stereocenters. The summed E-state index contributed by atoms with van der Waals surface area (Å²) in [5, 5.41) is 39.3. The summed E-state index contributed by atoms with van der Waals surface area (Å²) in [5.74, 6) is -1.59. The maximum absolute atomic E-state index is 11.8. The van der Waals surface area contributed by atoms with Crippen molar-refractivity contribution in [2.24, 2.45) is 29.4 Å². The Morgan fingerprint density at radius 2 is 0.833 bits per heavy atom. The number of pyridine rings is 1. The van der Waals surface area contributed by atoms with Gasteiger partial charge in [-0.25, -0.2) is 29.0 Å². The van der Waals surface area contributed by atoms with E-state index in [-0.39, 0.29) is 125 Å². The van der Waals surface area contributed by atoms with Crippen LogP contribution in [0.1, 0.15) is 203 Å². The Balaban J connectivity index is -0.000000218. The molecular formula is C92H157AlClLiN10O21. The van der Waals surface area contributed by atoms with Gasteiger partial charge in [0.25, 0.3) is 0 Å². The Labute approximate surface area is 782 Å². The van der Waals surface area contributed by atoms with Gasteiger partial charge in [-0.1, -0.05) is 208 Å². The van der Waals surface area contributed by atoms with Gasteiger partial charge in [0.1, 0.15) is 44.9 Å². The maximum Gasteiger partial charge on any atom is 1.00 e. The number of esters is 3. The number of carboxylic acids is 1. The van der Waals surface area contributed by atoms with Crippen LogP contribution in [0, 0.1) is 23.7 Å². The predicted molar refractivity (Wildman–Crippen MR) is 500 cm³/mol. The first kappa shape index (κ1) is 130. The van der Waals surface area contributed by atoms with Gasteiger partial charge in [0.2, 0.25) is 5.91 Å². The molecule has 0 unspecified atom stereocenters. The molecule has 0 aliphatic carbocycles. The third-order valence-electron chi connectivity index (χ3n) is 17.0. The SMILES string of the molecule is CC(C)(C)OC(=O)CO.CCN(CC)CC.CCOC(=O)CCC[C@@H](C)CCCCNC(=O)OCc1ccccc1.CCOC(=O)CN.CN(C)c1ccncc1.CNCO.CON(C)C(=O)[C@@H](C)CCCCNC(=O)OCc1ccccc1.C[C@@H](CCCCNC(=O)OCc1ccccc1)C(=O)O.C[C@H](C=O)CCCCNC(=O)OCc1ccccc1.Cl.[AlH3].[H-].[Li+]. The summed E-state index contributed by atoms with van der Waals surface area (Å²) in [6, 6.07) is 42.1. The van der Waals surface area contributed by atoms with Crippen LogP contribution in [0.25, 0.3) is 0 Å². The van der Waals surface area contributed by atoms with Gasteiger partial charge >= 0.3 is 67.1 Å². The number of hydroxylamine groups is 2. The molecule has 0 saturated carbocycles. The van der Waals surface area contributed by atoms with Crippen molar-refractivity contribution in [3.05, 3.63) is 168 Å². The number of alkyl carbamates (subject to hydrolysis) is 4. The summed E-state index contributed by atoms with van der Waals surface area (Å²) in [6.07, 6.45) is 15.6. The average Bonchev–Trinajstić information content (AvgIpc) is 0.956. The molecule has 4 aromatic carbocycles. The van der Waals surface area contributed by atoms with Gasteiger partial charge in [-0.05, 0) is 153 Å². The van der Waals surface area contributed by atoms with E-state index in [1.807, 2.05) is 173 Å². The van der Waals surface area contributed by atoms with Gasteiger partial charge in [0, 0.05) is 83.7 Å². The minimum atomic E-state index is -0.778. The second-order valence-electron chi connectivity index (χ2n) is 29.0. The zero-order chi connectivity index (χ0) is 93.1. The number of benzene rings is 4. The number of nitrogens with zero attached hydrogens (tertiary/aromatic N) is 4. The first-order valence-corrected chi connectivity index (χ1v) is 42.5. The topological polar surface area (TPSA) is 414 Å². The van der Waals surface area contributed by atoms with Crippen LogP contribution in [0.5, 0.6) is 0 Å². The zero-order valence-corrected chi connectivity index (χ0v) is 78.9. The van der Waals surface area contributed by atoms with Crippen LogP contribution >= 0.6 is 12.4 Å². The monoisotopic (exact) mass is 1810 g/mol. The summed E-state index contributed by atoms with van der Waals surface area (Å²) >= 11 is 0. The number of nitrogens with one attached hydrogen (secondary N) is 5. The smallest absolute Gasteiger partial charge is 1.00 e. The van der Waals surface area contributed by atoms with E-state index in [4.69, 9.17) is 54.3 Å². The number of aliphatic hydroxyl groups is 2. The van der Waals surface area contributed by atoms with E-state index in [2.05, 4.69) is 68.9 Å². The average molecular weight is 1810 g/mol. The summed E-state index contributed by atoms with van der Waals surface area (Å²) < 4.78 is 34.4. The van der Waals surface area contributed by atoms with Crippen LogP contribution in [0.4, 0.5) is 24.9 Å². The number of unbranched alkanes of at least 4 members (excludes halogenated alkanes) is 4. The molecule has 31 nitrogen and oxygen atoms in total. The number of carbonyl (C=O) groups is 10. The van der Waals surface area contributed by atoms with Gasteiger partial charge in [0.15, 0.2) is 17.4 Å². The van der Waals surface area contributed by atoms with Gasteiger partial charge in [-0.3, -0.25) is 34.3 Å². The standard InChI is InChI=1S/C20H31NO4.C17H26N2O4.C15H21NO4.C15H21NO3.C7H10N2.C6H15N.C6H12O3.C4H9NO2.C2H7NO.Al.ClH.Li.4H/c1-3-24-19(22)14-9-11-17(2)10-7-8-15-21-20(23)25-16-18-12-5-4-6-13-18;1-14(16(20)19(2)22-3)9-7-8-12-18-17(21)23-13-15-10-5-4-6-11-15;1-12(14(17)18)7-5-6-10-16-15(19)20-11-13-8-3-2-4-9-13;1-13(11-17)7-5-6-10-16-15(18)19-12-14-8-3-2-4-9-14;1-9(2)7-3-5-8-6-4-7;1-4-7(5-2)6-3;1-6(2,3)9-5(8)4-7;1-2-7-4(6)3-5;1-3-2-4;;;;;;;/h4-6,12-13,17H,3,7-11,14-16H2,1-2H3,(H,21,23);4-6,10-11,14H,7-9,12-13H2,1-3H3,(H,18,21);2-4,8-9,12H,5-7,10-11H2,1H3,(H,16,19)(H,17,18);2-4,8-9,11,13H,5-7,10,12H2,1H3,(H,16,18);3-6H,1-2H3;4-6H2,1-3H3;7H,4H2,1-3H3;2-3,5H2,1H3;3-4H,2H2,1H3;;1H;;;;;/q;;;;;;;;;;;+1;;;;-1/t17-;14-;12-;13-;;;;;;;;;;;;/m0000............/s1. The van der Waals surface area contributed by atoms with Gasteiger partial charge < -0.3 is 91.5 Å².